The van der Waals surface area contributed by atoms with E-state index in [1.54, 1.807) is 0 Å². The summed E-state index contributed by atoms with van der Waals surface area (Å²) in [5.41, 5.74) is 1.11. The van der Waals surface area contributed by atoms with Gasteiger partial charge in [-0.3, -0.25) is 4.79 Å². The van der Waals surface area contributed by atoms with Crippen molar-refractivity contribution in [2.75, 3.05) is 20.3 Å². The highest BCUT2D eigenvalue weighted by Gasteiger charge is 2.25. The molecule has 1 aromatic carbocycles. The maximum Gasteiger partial charge on any atom is 0.165 e. The highest BCUT2D eigenvalue weighted by molar-refractivity contribution is 5.83. The van der Waals surface area contributed by atoms with Crippen molar-refractivity contribution in [1.82, 2.24) is 0 Å². The van der Waals surface area contributed by atoms with E-state index in [2.05, 4.69) is 0 Å². The summed E-state index contributed by atoms with van der Waals surface area (Å²) in [6.07, 6.45) is 0.762. The average Bonchev–Trinajstić information content (AvgIpc) is 2.29. The number of ketones is 1. The average molecular weight is 206 g/mol. The highest BCUT2D eigenvalue weighted by Crippen LogP contribution is 2.27. The minimum atomic E-state index is -0.0557. The molecule has 0 amide bonds. The monoisotopic (exact) mass is 206 g/mol. The number of rotatable bonds is 3. The summed E-state index contributed by atoms with van der Waals surface area (Å²) in [5, 5.41) is 0. The molecule has 1 aliphatic rings. The third-order valence-corrected chi connectivity index (χ3v) is 2.62. The molecule has 1 atom stereocenters. The molecule has 0 aliphatic carbocycles. The molecule has 0 spiro atoms. The topological polar surface area (TPSA) is 35.5 Å². The smallest absolute Gasteiger partial charge is 0.165 e. The Morgan fingerprint density at radius 2 is 2.33 bits per heavy atom. The van der Waals surface area contributed by atoms with Crippen molar-refractivity contribution in [2.45, 2.75) is 6.42 Å². The number of para-hydroxylation sites is 1. The van der Waals surface area contributed by atoms with Crippen molar-refractivity contribution < 1.29 is 14.3 Å². The maximum absolute atomic E-state index is 11.6. The van der Waals surface area contributed by atoms with Crippen LogP contribution in [0.5, 0.6) is 5.75 Å². The van der Waals surface area contributed by atoms with Gasteiger partial charge in [0.25, 0.3) is 0 Å². The van der Waals surface area contributed by atoms with Crippen molar-refractivity contribution in [3.8, 4) is 5.75 Å². The van der Waals surface area contributed by atoms with E-state index >= 15 is 0 Å². The molecule has 0 bridgehead atoms. The molecule has 0 saturated heterocycles. The number of hydrogen-bond acceptors (Lipinski definition) is 3. The second-order valence-electron chi connectivity index (χ2n) is 3.72. The van der Waals surface area contributed by atoms with E-state index in [0.717, 1.165) is 17.7 Å². The van der Waals surface area contributed by atoms with Crippen LogP contribution < -0.4 is 4.74 Å². The van der Waals surface area contributed by atoms with Crippen LogP contribution in [0, 0.1) is 5.92 Å². The summed E-state index contributed by atoms with van der Waals surface area (Å²) in [4.78, 5) is 11.6. The Labute approximate surface area is 89.0 Å². The molecule has 1 aliphatic heterocycles. The van der Waals surface area contributed by atoms with E-state index in [9.17, 15) is 4.79 Å². The number of fused-ring (bicyclic) bond motifs is 1. The van der Waals surface area contributed by atoms with Gasteiger partial charge in [-0.1, -0.05) is 18.2 Å². The summed E-state index contributed by atoms with van der Waals surface area (Å²) in [6, 6.07) is 7.84. The maximum atomic E-state index is 11.6. The van der Waals surface area contributed by atoms with E-state index < -0.39 is 0 Å². The van der Waals surface area contributed by atoms with Crippen LogP contribution in [-0.4, -0.2) is 26.1 Å². The van der Waals surface area contributed by atoms with Gasteiger partial charge in [0.1, 0.15) is 12.4 Å². The van der Waals surface area contributed by atoms with Crippen LogP contribution in [0.2, 0.25) is 0 Å². The van der Waals surface area contributed by atoms with Crippen molar-refractivity contribution in [3.63, 3.8) is 0 Å². The first-order valence-electron chi connectivity index (χ1n) is 5.03. The second kappa shape index (κ2) is 4.45. The second-order valence-corrected chi connectivity index (χ2v) is 3.72. The van der Waals surface area contributed by atoms with Crippen molar-refractivity contribution in [2.24, 2.45) is 5.92 Å². The third-order valence-electron chi connectivity index (χ3n) is 2.62. The van der Waals surface area contributed by atoms with E-state index in [0.29, 0.717) is 6.61 Å². The number of Topliss-reactive ketones (excluding diaryl/α,β-unsaturated/α-hetero) is 1. The Balaban J connectivity index is 2.08. The Bertz CT molecular complexity index is 360. The van der Waals surface area contributed by atoms with Crippen LogP contribution in [0.4, 0.5) is 0 Å². The molecule has 1 heterocycles. The number of carbonyl (C=O) groups excluding carboxylic acids is 1. The van der Waals surface area contributed by atoms with Gasteiger partial charge in [-0.25, -0.2) is 0 Å². The molecule has 15 heavy (non-hydrogen) atoms. The minimum absolute atomic E-state index is 0.0557. The van der Waals surface area contributed by atoms with Crippen molar-refractivity contribution in [3.05, 3.63) is 29.8 Å². The standard InChI is InChI=1S/C12H14O3/c1-14-8-11(13)10-6-9-4-2-3-5-12(9)15-7-10/h2-5,10H,6-8H2,1H3. The Morgan fingerprint density at radius 3 is 3.13 bits per heavy atom. The number of ether oxygens (including phenoxy) is 2. The molecule has 0 N–H and O–H groups in total. The first-order chi connectivity index (χ1) is 7.31. The summed E-state index contributed by atoms with van der Waals surface area (Å²) >= 11 is 0. The van der Waals surface area contributed by atoms with Crippen LogP contribution in [0.25, 0.3) is 0 Å². The van der Waals surface area contributed by atoms with E-state index in [4.69, 9.17) is 9.47 Å². The van der Waals surface area contributed by atoms with Gasteiger partial charge in [0.2, 0.25) is 0 Å². The van der Waals surface area contributed by atoms with E-state index in [1.165, 1.54) is 7.11 Å². The lowest BCUT2D eigenvalue weighted by Gasteiger charge is -2.23. The highest BCUT2D eigenvalue weighted by atomic mass is 16.5. The van der Waals surface area contributed by atoms with Crippen LogP contribution >= 0.6 is 0 Å². The predicted octanol–water partition coefficient (Wildman–Crippen LogP) is 1.45. The van der Waals surface area contributed by atoms with E-state index in [1.807, 2.05) is 24.3 Å². The van der Waals surface area contributed by atoms with Gasteiger partial charge in [0.15, 0.2) is 5.78 Å². The van der Waals surface area contributed by atoms with Gasteiger partial charge >= 0.3 is 0 Å². The normalized spacial score (nSPS) is 19.1. The Kier molecular flexibility index (Phi) is 3.02. The SMILES string of the molecule is COCC(=O)C1COc2ccccc2C1. The zero-order chi connectivity index (χ0) is 10.7. The number of hydrogen-bond donors (Lipinski definition) is 0. The van der Waals surface area contributed by atoms with Gasteiger partial charge < -0.3 is 9.47 Å². The molecule has 0 saturated carbocycles. The van der Waals surface area contributed by atoms with Crippen LogP contribution in [0.1, 0.15) is 5.56 Å². The van der Waals surface area contributed by atoms with Gasteiger partial charge in [0, 0.05) is 7.11 Å². The number of carbonyl (C=O) groups is 1. The summed E-state index contributed by atoms with van der Waals surface area (Å²) in [5.74, 6) is 0.964. The molecule has 1 unspecified atom stereocenters. The fraction of sp³-hybridized carbons (Fsp3) is 0.417. The molecule has 1 aromatic rings. The number of methoxy groups -OCH3 is 1. The van der Waals surface area contributed by atoms with Gasteiger partial charge in [0.05, 0.1) is 12.5 Å². The fourth-order valence-corrected chi connectivity index (χ4v) is 1.79. The van der Waals surface area contributed by atoms with Gasteiger partial charge in [-0.05, 0) is 18.1 Å². The van der Waals surface area contributed by atoms with Crippen LogP contribution in [-0.2, 0) is 16.0 Å². The fourth-order valence-electron chi connectivity index (χ4n) is 1.79. The first-order valence-corrected chi connectivity index (χ1v) is 5.03. The molecule has 0 fully saturated rings. The molecule has 3 heteroatoms. The van der Waals surface area contributed by atoms with Crippen LogP contribution in [0.3, 0.4) is 0 Å². The lowest BCUT2D eigenvalue weighted by atomic mass is 9.93. The van der Waals surface area contributed by atoms with Gasteiger partial charge in [-0.2, -0.15) is 0 Å². The molecular formula is C12H14O3. The van der Waals surface area contributed by atoms with Crippen molar-refractivity contribution >= 4 is 5.78 Å². The largest absolute Gasteiger partial charge is 0.493 e. The first kappa shape index (κ1) is 10.2. The lowest BCUT2D eigenvalue weighted by Crippen LogP contribution is -2.30. The van der Waals surface area contributed by atoms with Crippen molar-refractivity contribution in [1.29, 1.82) is 0 Å². The minimum Gasteiger partial charge on any atom is -0.493 e. The van der Waals surface area contributed by atoms with Crippen LogP contribution in [0.15, 0.2) is 24.3 Å². The Hall–Kier alpha value is -1.35. The van der Waals surface area contributed by atoms with E-state index in [-0.39, 0.29) is 18.3 Å². The molecule has 3 nitrogen and oxygen atoms in total. The van der Waals surface area contributed by atoms with Gasteiger partial charge in [-0.15, -0.1) is 0 Å². The molecule has 0 radical (unpaired) electrons. The zero-order valence-electron chi connectivity index (χ0n) is 8.73. The lowest BCUT2D eigenvalue weighted by molar-refractivity contribution is -0.127. The quantitative estimate of drug-likeness (QED) is 0.751. The summed E-state index contributed by atoms with van der Waals surface area (Å²) < 4.78 is 10.4. The Morgan fingerprint density at radius 1 is 1.53 bits per heavy atom. The summed E-state index contributed by atoms with van der Waals surface area (Å²) in [6.45, 7) is 0.648. The molecule has 0 aromatic heterocycles. The zero-order valence-corrected chi connectivity index (χ0v) is 8.73. The molecule has 80 valence electrons. The number of benzene rings is 1. The summed E-state index contributed by atoms with van der Waals surface area (Å²) in [7, 11) is 1.54. The predicted molar refractivity (Wildman–Crippen MR) is 56.0 cm³/mol. The third kappa shape index (κ3) is 2.18. The molecular weight excluding hydrogens is 192 g/mol. The molecule has 2 rings (SSSR count).